The van der Waals surface area contributed by atoms with Crippen LogP contribution in [0.2, 0.25) is 0 Å². The Labute approximate surface area is 657 Å². The predicted octanol–water partition coefficient (Wildman–Crippen LogP) is 18.6. The summed E-state index contributed by atoms with van der Waals surface area (Å²) in [6.45, 7) is 1.78. The van der Waals surface area contributed by atoms with Gasteiger partial charge in [-0.2, -0.15) is 0 Å². The topological polar surface area (TPSA) is 163 Å². The minimum atomic E-state index is -0.777. The molecular weight excluding hydrogens is 1450 g/mol. The monoisotopic (exact) mass is 1550 g/mol. The molecule has 0 saturated carbocycles. The van der Waals surface area contributed by atoms with Gasteiger partial charge in [0.15, 0.2) is 6.29 Å². The molecule has 13 atom stereocenters. The maximum Gasteiger partial charge on any atom is 0.306 e. The molecule has 0 aromatic heterocycles. The van der Waals surface area contributed by atoms with Gasteiger partial charge in [-0.1, -0.05) is 170 Å². The Morgan fingerprint density at radius 2 is 0.725 bits per heavy atom. The highest BCUT2D eigenvalue weighted by molar-refractivity contribution is 8.17. The van der Waals surface area contributed by atoms with E-state index in [0.29, 0.717) is 51.3 Å². The summed E-state index contributed by atoms with van der Waals surface area (Å²) in [5.41, 5.74) is 4.77. The number of esters is 2. The molecule has 0 amide bonds. The molecule has 20 heteroatoms. The average molecular weight is 1550 g/mol. The Morgan fingerprint density at radius 3 is 1.16 bits per heavy atom. The molecule has 4 aliphatic heterocycles. The molecule has 9 aromatic carbocycles. The first-order valence-corrected chi connectivity index (χ1v) is 41.0. The fourth-order valence-corrected chi connectivity index (χ4v) is 19.3. The Kier molecular flexibility index (Phi) is 30.3. The van der Waals surface area contributed by atoms with Gasteiger partial charge in [-0.15, -0.1) is 47.0 Å². The zero-order valence-corrected chi connectivity index (χ0v) is 64.9. The number of rotatable bonds is 37. The van der Waals surface area contributed by atoms with Crippen LogP contribution in [-0.4, -0.2) is 129 Å². The summed E-state index contributed by atoms with van der Waals surface area (Å²) in [7, 11) is 4.92. The molecule has 16 nitrogen and oxygen atoms in total. The molecule has 0 N–H and O–H groups in total. The largest absolute Gasteiger partial charge is 0.497 e. The molecule has 9 aromatic rings. The summed E-state index contributed by atoms with van der Waals surface area (Å²) in [6.07, 6.45) is -4.72. The van der Waals surface area contributed by atoms with E-state index in [9.17, 15) is 0 Å². The van der Waals surface area contributed by atoms with E-state index in [0.717, 1.165) is 58.9 Å². The summed E-state index contributed by atoms with van der Waals surface area (Å²) in [6, 6.07) is 84.7. The number of hydrogen-bond donors (Lipinski definition) is 0. The van der Waals surface area contributed by atoms with Crippen molar-refractivity contribution in [1.29, 1.82) is 0 Å². The number of fused-ring (bicyclic) bond motifs is 1. The highest BCUT2D eigenvalue weighted by Crippen LogP contribution is 2.45. The summed E-state index contributed by atoms with van der Waals surface area (Å²) >= 11 is 6.99. The van der Waals surface area contributed by atoms with Crippen LogP contribution in [0.25, 0.3) is 0 Å². The maximum absolute atomic E-state index is 15.2. The number of methoxy groups -OCH3 is 3. The fraction of sp³-hybridized carbons (Fsp3) is 0.371. The maximum atomic E-state index is 15.2. The van der Waals surface area contributed by atoms with E-state index >= 15 is 9.59 Å². The number of benzene rings is 9. The van der Waals surface area contributed by atoms with E-state index in [1.165, 1.54) is 0 Å². The normalized spacial score (nSPS) is 23.3. The average Bonchev–Trinajstić information content (AvgIpc) is 0.798. The zero-order chi connectivity index (χ0) is 74.8. The van der Waals surface area contributed by atoms with Crippen molar-refractivity contribution >= 4 is 59.0 Å². The van der Waals surface area contributed by atoms with Gasteiger partial charge < -0.3 is 66.3 Å². The standard InChI is InChI=1S/C89H96O16S4/c1-92-66-40-34-63(35-41-66)57-96-75-50-77(98-56-62-24-12-5-13-25-62)83(59-95-55-61-22-10-4-11-23-61)101-74(75)47-49-85(90)103-78-51-76(97-58-64-36-42-67(93-2)43-37-64)73(100-81(78)53-87(106-69-26-14-6-15-27-69)107-70-28-16-7-17-29-70)46-48-86(91)104-79-52-80-84(60-99-89(105-80)65-38-44-68(94-3)45-39-65)102-82(79)54-88(108-71-30-18-8-19-31-71)109-72-32-20-9-21-33-72/h4-45,73-84,87-89H,46-60H2,1-3H3/t73-,74-,75+,76+,77-,78-,79-,80+,81+,82+,83+,84-,89-/m1/s1. The number of thioether (sulfide) groups is 4. The van der Waals surface area contributed by atoms with Crippen LogP contribution in [0.1, 0.15) is 91.9 Å². The molecule has 4 aliphatic rings. The van der Waals surface area contributed by atoms with Crippen molar-refractivity contribution in [1.82, 2.24) is 0 Å². The smallest absolute Gasteiger partial charge is 0.306 e. The van der Waals surface area contributed by atoms with Crippen LogP contribution in [0, 0.1) is 0 Å². The molecule has 4 fully saturated rings. The molecule has 0 radical (unpaired) electrons. The molecular formula is C89H96O16S4. The van der Waals surface area contributed by atoms with Crippen molar-refractivity contribution < 1.29 is 75.9 Å². The van der Waals surface area contributed by atoms with Gasteiger partial charge in [-0.05, 0) is 133 Å². The lowest BCUT2D eigenvalue weighted by atomic mass is 9.93. The van der Waals surface area contributed by atoms with E-state index in [1.54, 1.807) is 68.4 Å². The molecule has 0 bridgehead atoms. The lowest BCUT2D eigenvalue weighted by Crippen LogP contribution is -2.54. The van der Waals surface area contributed by atoms with E-state index in [4.69, 9.17) is 66.3 Å². The fourth-order valence-electron chi connectivity index (χ4n) is 13.9. The number of hydrogen-bond acceptors (Lipinski definition) is 20. The van der Waals surface area contributed by atoms with Crippen LogP contribution in [0.4, 0.5) is 0 Å². The second-order valence-corrected chi connectivity index (χ2v) is 33.1. The SMILES string of the molecule is COc1ccc(CO[C@H]2C[C@@H](OCc3ccccc3)[C@H](COCc3ccccc3)O[C@@H]2CCC(=O)O[C@@H]2C[C@H](OCc3ccc(OC)cc3)[C@@H](CCC(=O)O[C@@H]3C[C@@H]4O[C@H](c5ccc(OC)cc5)OC[C@H]4O[C@H]3CC(Sc3ccccc3)Sc3ccccc3)O[C@H]2CC(Sc2ccccc2)Sc2ccccc2)cc1. The van der Waals surface area contributed by atoms with Crippen molar-refractivity contribution in [2.75, 3.05) is 34.5 Å². The van der Waals surface area contributed by atoms with Gasteiger partial charge >= 0.3 is 11.9 Å². The van der Waals surface area contributed by atoms with Crippen LogP contribution in [-0.2, 0) is 88.1 Å². The third kappa shape index (κ3) is 24.2. The molecule has 0 aliphatic carbocycles. The van der Waals surface area contributed by atoms with Crippen molar-refractivity contribution in [3.63, 3.8) is 0 Å². The molecule has 4 heterocycles. The molecule has 13 rings (SSSR count). The van der Waals surface area contributed by atoms with Crippen LogP contribution in [0.15, 0.2) is 274 Å². The van der Waals surface area contributed by atoms with Crippen LogP contribution >= 0.6 is 47.0 Å². The van der Waals surface area contributed by atoms with Gasteiger partial charge in [-0.25, -0.2) is 0 Å². The minimum Gasteiger partial charge on any atom is -0.497 e. The van der Waals surface area contributed by atoms with Crippen LogP contribution in [0.5, 0.6) is 17.2 Å². The minimum absolute atomic E-state index is 0.00132. The van der Waals surface area contributed by atoms with Crippen molar-refractivity contribution in [2.24, 2.45) is 0 Å². The van der Waals surface area contributed by atoms with Crippen molar-refractivity contribution in [3.05, 3.63) is 283 Å². The molecule has 4 saturated heterocycles. The highest BCUT2D eigenvalue weighted by Gasteiger charge is 2.47. The van der Waals surface area contributed by atoms with Crippen molar-refractivity contribution in [2.45, 2.75) is 192 Å². The molecule has 109 heavy (non-hydrogen) atoms. The summed E-state index contributed by atoms with van der Waals surface area (Å²) in [5.74, 6) is 1.35. The first kappa shape index (κ1) is 79.4. The van der Waals surface area contributed by atoms with Gasteiger partial charge in [0.25, 0.3) is 0 Å². The summed E-state index contributed by atoms with van der Waals surface area (Å²) in [4.78, 5) is 34.7. The third-order valence-corrected chi connectivity index (χ3v) is 24.9. The Balaban J connectivity index is 0.767. The summed E-state index contributed by atoms with van der Waals surface area (Å²) < 4.78 is 91.7. The second-order valence-electron chi connectivity index (χ2n) is 27.4. The van der Waals surface area contributed by atoms with Gasteiger partial charge in [0.1, 0.15) is 41.7 Å². The highest BCUT2D eigenvalue weighted by atomic mass is 32.2. The zero-order valence-electron chi connectivity index (χ0n) is 61.7. The van der Waals surface area contributed by atoms with Gasteiger partial charge in [0, 0.05) is 57.2 Å². The number of carbonyl (C=O) groups is 2. The van der Waals surface area contributed by atoms with E-state index < -0.39 is 91.5 Å². The Morgan fingerprint density at radius 1 is 0.367 bits per heavy atom. The molecule has 0 unspecified atom stereocenters. The molecule has 572 valence electrons. The van der Waals surface area contributed by atoms with Gasteiger partial charge in [0.2, 0.25) is 0 Å². The summed E-state index contributed by atoms with van der Waals surface area (Å²) in [5, 5.41) is 0. The molecule has 0 spiro atoms. The van der Waals surface area contributed by atoms with Crippen molar-refractivity contribution in [3.8, 4) is 17.2 Å². The lowest BCUT2D eigenvalue weighted by Gasteiger charge is -2.45. The first-order chi connectivity index (χ1) is 53.6. The lowest BCUT2D eigenvalue weighted by molar-refractivity contribution is -0.303. The van der Waals surface area contributed by atoms with E-state index in [1.807, 2.05) is 206 Å². The Bertz CT molecular complexity index is 4050. The third-order valence-electron chi connectivity index (χ3n) is 19.7. The first-order valence-electron chi connectivity index (χ1n) is 37.5. The van der Waals surface area contributed by atoms with Gasteiger partial charge in [-0.3, -0.25) is 9.59 Å². The number of carbonyl (C=O) groups excluding carboxylic acids is 2. The van der Waals surface area contributed by atoms with Gasteiger partial charge in [0.05, 0.1) is 119 Å². The second kappa shape index (κ2) is 41.6. The van der Waals surface area contributed by atoms with E-state index in [2.05, 4.69) is 48.5 Å². The number of ether oxygens (including phenoxy) is 14. The van der Waals surface area contributed by atoms with Crippen LogP contribution < -0.4 is 14.2 Å². The Hall–Kier alpha value is -7.64. The van der Waals surface area contributed by atoms with Crippen LogP contribution in [0.3, 0.4) is 0 Å². The predicted molar refractivity (Wildman–Crippen MR) is 425 cm³/mol. The quantitative estimate of drug-likeness (QED) is 0.0205. The van der Waals surface area contributed by atoms with E-state index in [-0.39, 0.29) is 61.1 Å².